The number of ether oxygens (including phenoxy) is 1. The molecule has 0 heterocycles. The average Bonchev–Trinajstić information content (AvgIpc) is 3.16. The van der Waals surface area contributed by atoms with Crippen molar-refractivity contribution in [1.82, 2.24) is 0 Å². The number of fused-ring (bicyclic) bond motifs is 7. The Morgan fingerprint density at radius 2 is 1.59 bits per heavy atom. The van der Waals surface area contributed by atoms with Crippen molar-refractivity contribution in [3.63, 3.8) is 0 Å². The van der Waals surface area contributed by atoms with Crippen LogP contribution in [0.1, 0.15) is 106 Å². The lowest BCUT2D eigenvalue weighted by atomic mass is 9.32. The molecule has 1 N–H and O–H groups in total. The minimum atomic E-state index is -0.139. The lowest BCUT2D eigenvalue weighted by Crippen LogP contribution is -2.66. The Hall–Kier alpha value is -0.760. The van der Waals surface area contributed by atoms with Gasteiger partial charge in [-0.25, -0.2) is 0 Å². The SMILES string of the molecule is C=C(C)[C@@H]1CC[C@]2(/C=C/OC)CC[C@]3(C)[C@H](CC[C@@H]4[C@@]5(C)CC[C@H](O)C(C)(C)[C@@H]5CC[C@]43C)[C@@H]12. The Balaban J connectivity index is 1.55. The number of rotatable bonds is 3. The lowest BCUT2D eigenvalue weighted by Gasteiger charge is -2.73. The van der Waals surface area contributed by atoms with Gasteiger partial charge in [-0.2, -0.15) is 0 Å². The summed E-state index contributed by atoms with van der Waals surface area (Å²) in [5.74, 6) is 3.56. The van der Waals surface area contributed by atoms with Crippen LogP contribution in [0.4, 0.5) is 0 Å². The lowest BCUT2D eigenvalue weighted by molar-refractivity contribution is -0.244. The first-order valence-electron chi connectivity index (χ1n) is 14.4. The number of aliphatic hydroxyl groups is 1. The van der Waals surface area contributed by atoms with Crippen LogP contribution < -0.4 is 0 Å². The highest BCUT2D eigenvalue weighted by molar-refractivity contribution is 5.24. The zero-order valence-electron chi connectivity index (χ0n) is 23.3. The molecule has 192 valence electrons. The Bertz CT molecular complexity index is 857. The Labute approximate surface area is 210 Å². The van der Waals surface area contributed by atoms with Crippen molar-refractivity contribution >= 4 is 0 Å². The van der Waals surface area contributed by atoms with Crippen molar-refractivity contribution in [1.29, 1.82) is 0 Å². The molecule has 0 aliphatic heterocycles. The molecule has 0 aromatic heterocycles. The number of aliphatic hydroxyl groups excluding tert-OH is 1. The first-order chi connectivity index (χ1) is 15.9. The third kappa shape index (κ3) is 3.02. The summed E-state index contributed by atoms with van der Waals surface area (Å²) in [6.45, 7) is 19.6. The highest BCUT2D eigenvalue weighted by Gasteiger charge is 2.70. The monoisotopic (exact) mass is 468 g/mol. The van der Waals surface area contributed by atoms with Gasteiger partial charge in [-0.1, -0.05) is 46.8 Å². The van der Waals surface area contributed by atoms with Crippen molar-refractivity contribution in [2.45, 2.75) is 112 Å². The highest BCUT2D eigenvalue weighted by Crippen LogP contribution is 2.77. The molecule has 5 rings (SSSR count). The molecule has 0 spiro atoms. The van der Waals surface area contributed by atoms with Gasteiger partial charge >= 0.3 is 0 Å². The molecule has 2 nitrogen and oxygen atoms in total. The van der Waals surface area contributed by atoms with Crippen LogP contribution in [0.3, 0.4) is 0 Å². The van der Waals surface area contributed by atoms with E-state index in [0.29, 0.717) is 39.4 Å². The fourth-order valence-electron chi connectivity index (χ4n) is 11.7. The summed E-state index contributed by atoms with van der Waals surface area (Å²) >= 11 is 0. The molecular weight excluding hydrogens is 416 g/mol. The predicted molar refractivity (Wildman–Crippen MR) is 141 cm³/mol. The normalized spacial score (nSPS) is 54.0. The molecule has 34 heavy (non-hydrogen) atoms. The molecule has 0 aromatic carbocycles. The maximum absolute atomic E-state index is 10.9. The molecule has 10 atom stereocenters. The van der Waals surface area contributed by atoms with Crippen molar-refractivity contribution in [2.75, 3.05) is 7.11 Å². The van der Waals surface area contributed by atoms with E-state index in [1.807, 2.05) is 6.26 Å². The van der Waals surface area contributed by atoms with Crippen molar-refractivity contribution in [3.05, 3.63) is 24.5 Å². The predicted octanol–water partition coefficient (Wildman–Crippen LogP) is 8.17. The maximum Gasteiger partial charge on any atom is 0.0790 e. The second kappa shape index (κ2) is 7.87. The van der Waals surface area contributed by atoms with Crippen molar-refractivity contribution in [2.24, 2.45) is 56.7 Å². The maximum atomic E-state index is 10.9. The number of hydrogen-bond acceptors (Lipinski definition) is 2. The van der Waals surface area contributed by atoms with Crippen LogP contribution in [0.2, 0.25) is 0 Å². The molecule has 0 bridgehead atoms. The van der Waals surface area contributed by atoms with E-state index in [1.165, 1.54) is 63.4 Å². The minimum absolute atomic E-state index is 0.0370. The zero-order valence-corrected chi connectivity index (χ0v) is 23.3. The molecule has 5 fully saturated rings. The Morgan fingerprint density at radius 3 is 2.26 bits per heavy atom. The summed E-state index contributed by atoms with van der Waals surface area (Å²) in [4.78, 5) is 0. The van der Waals surface area contributed by atoms with Crippen molar-refractivity contribution in [3.8, 4) is 0 Å². The third-order valence-corrected chi connectivity index (χ3v) is 13.6. The van der Waals surface area contributed by atoms with Gasteiger partial charge in [-0.15, -0.1) is 0 Å². The first kappa shape index (κ1) is 24.9. The van der Waals surface area contributed by atoms with Gasteiger partial charge < -0.3 is 9.84 Å². The van der Waals surface area contributed by atoms with Gasteiger partial charge in [0, 0.05) is 0 Å². The largest absolute Gasteiger partial charge is 0.505 e. The van der Waals surface area contributed by atoms with Gasteiger partial charge in [0.25, 0.3) is 0 Å². The first-order valence-corrected chi connectivity index (χ1v) is 14.4. The van der Waals surface area contributed by atoms with Gasteiger partial charge in [0.15, 0.2) is 0 Å². The minimum Gasteiger partial charge on any atom is -0.505 e. The molecule has 2 heteroatoms. The topological polar surface area (TPSA) is 29.5 Å². The number of methoxy groups -OCH3 is 1. The van der Waals surface area contributed by atoms with Crippen LogP contribution in [-0.2, 0) is 4.74 Å². The van der Waals surface area contributed by atoms with E-state index in [4.69, 9.17) is 4.74 Å². The molecule has 0 saturated heterocycles. The van der Waals surface area contributed by atoms with E-state index in [1.54, 1.807) is 7.11 Å². The summed E-state index contributed by atoms with van der Waals surface area (Å²) < 4.78 is 5.49. The molecule has 5 aliphatic carbocycles. The van der Waals surface area contributed by atoms with Crippen molar-refractivity contribution < 1.29 is 9.84 Å². The summed E-state index contributed by atoms with van der Waals surface area (Å²) in [6, 6.07) is 0. The molecule has 0 amide bonds. The Morgan fingerprint density at radius 1 is 0.853 bits per heavy atom. The number of allylic oxidation sites excluding steroid dienone is 2. The van der Waals surface area contributed by atoms with Gasteiger partial charge in [-0.05, 0) is 134 Å². The average molecular weight is 469 g/mol. The smallest absolute Gasteiger partial charge is 0.0790 e. The van der Waals surface area contributed by atoms with E-state index in [-0.39, 0.29) is 11.5 Å². The van der Waals surface area contributed by atoms with Gasteiger partial charge in [-0.3, -0.25) is 0 Å². The van der Waals surface area contributed by atoms with E-state index >= 15 is 0 Å². The molecule has 0 aromatic rings. The fraction of sp³-hybridized carbons (Fsp3) is 0.875. The van der Waals surface area contributed by atoms with Crippen LogP contribution in [0, 0.1) is 56.7 Å². The number of hydrogen-bond donors (Lipinski definition) is 1. The van der Waals surface area contributed by atoms with Crippen LogP contribution >= 0.6 is 0 Å². The van der Waals surface area contributed by atoms with E-state index in [0.717, 1.165) is 18.3 Å². The molecule has 0 radical (unpaired) electrons. The quantitative estimate of drug-likeness (QED) is 0.334. The van der Waals surface area contributed by atoms with Crippen LogP contribution in [0.25, 0.3) is 0 Å². The molecule has 0 unspecified atom stereocenters. The van der Waals surface area contributed by atoms with Gasteiger partial charge in [0.1, 0.15) is 0 Å². The standard InChI is InChI=1S/C32H52O2/c1-21(2)22-11-16-32(19-20-34-8)18-17-30(6)23(27(22)32)9-10-25-29(5)14-13-26(33)28(3,4)24(29)12-15-31(25,30)7/h19-20,22-27,33H,1,9-18H2,2-8H3/b20-19+/t22-,23+,24-,25+,26-,27+,29-,30+,31+,32+/m0/s1. The second-order valence-corrected chi connectivity index (χ2v) is 14.8. The second-order valence-electron chi connectivity index (χ2n) is 14.8. The van der Waals surface area contributed by atoms with Gasteiger partial charge in [0.05, 0.1) is 19.5 Å². The Kier molecular flexibility index (Phi) is 5.76. The fourth-order valence-corrected chi connectivity index (χ4v) is 11.7. The summed E-state index contributed by atoms with van der Waals surface area (Å²) in [5.41, 5.74) is 2.88. The molecule has 5 saturated carbocycles. The van der Waals surface area contributed by atoms with E-state index < -0.39 is 0 Å². The summed E-state index contributed by atoms with van der Waals surface area (Å²) in [6.07, 6.45) is 17.2. The highest BCUT2D eigenvalue weighted by atomic mass is 16.5. The summed E-state index contributed by atoms with van der Waals surface area (Å²) in [5, 5.41) is 10.9. The third-order valence-electron chi connectivity index (χ3n) is 13.6. The zero-order chi connectivity index (χ0) is 24.7. The van der Waals surface area contributed by atoms with Crippen LogP contribution in [0.15, 0.2) is 24.5 Å². The van der Waals surface area contributed by atoms with E-state index in [2.05, 4.69) is 54.2 Å². The van der Waals surface area contributed by atoms with Crippen LogP contribution in [0.5, 0.6) is 0 Å². The summed E-state index contributed by atoms with van der Waals surface area (Å²) in [7, 11) is 1.80. The molecule has 5 aliphatic rings. The van der Waals surface area contributed by atoms with E-state index in [9.17, 15) is 5.11 Å². The molecular formula is C32H52O2. The van der Waals surface area contributed by atoms with Crippen LogP contribution in [-0.4, -0.2) is 18.3 Å². The van der Waals surface area contributed by atoms with Gasteiger partial charge in [0.2, 0.25) is 0 Å².